The molecule has 0 aromatic heterocycles. The van der Waals surface area contributed by atoms with Crippen molar-refractivity contribution in [1.82, 2.24) is 23.4 Å². The van der Waals surface area contributed by atoms with Crippen molar-refractivity contribution in [3.05, 3.63) is 35.9 Å². The fourth-order valence-corrected chi connectivity index (χ4v) is 19.0. The summed E-state index contributed by atoms with van der Waals surface area (Å²) < 4.78 is 36.4. The number of nitrogens with zero attached hydrogens (tertiary/aromatic N) is 8. The Morgan fingerprint density at radius 2 is 1.27 bits per heavy atom. The molecule has 6 aliphatic rings. The van der Waals surface area contributed by atoms with E-state index in [1.54, 1.807) is 0 Å². The summed E-state index contributed by atoms with van der Waals surface area (Å²) in [6.07, 6.45) is 1.05. The van der Waals surface area contributed by atoms with Crippen LogP contribution < -0.4 is 0 Å². The summed E-state index contributed by atoms with van der Waals surface area (Å²) in [6.45, 7) is 11.6. The van der Waals surface area contributed by atoms with Gasteiger partial charge in [-0.05, 0) is 12.0 Å². The van der Waals surface area contributed by atoms with E-state index in [-0.39, 0.29) is 0 Å². The molecule has 1 unspecified atom stereocenters. The highest BCUT2D eigenvalue weighted by molar-refractivity contribution is 7.82. The predicted octanol–water partition coefficient (Wildman–Crippen LogP) is 4.02. The smallest absolute Gasteiger partial charge is 0.282 e. The van der Waals surface area contributed by atoms with Crippen LogP contribution >= 0.6 is 22.6 Å². The van der Waals surface area contributed by atoms with E-state index < -0.39 is 22.6 Å². The molecule has 1 aromatic carbocycles. The van der Waals surface area contributed by atoms with Crippen LogP contribution in [0.1, 0.15) is 12.0 Å². The lowest BCUT2D eigenvalue weighted by atomic mass is 10.2. The van der Waals surface area contributed by atoms with Gasteiger partial charge < -0.3 is 4.52 Å². The molecule has 1 aromatic rings. The molecule has 30 heavy (non-hydrogen) atoms. The Balaban J connectivity index is 1.43. The largest absolute Gasteiger partial charge is 0.316 e. The van der Waals surface area contributed by atoms with E-state index in [9.17, 15) is 0 Å². The van der Waals surface area contributed by atoms with Crippen molar-refractivity contribution in [1.29, 1.82) is 0 Å². The molecule has 12 heteroatoms. The van der Waals surface area contributed by atoms with Crippen LogP contribution in [0.4, 0.5) is 0 Å². The molecule has 9 nitrogen and oxygen atoms in total. The van der Waals surface area contributed by atoms with Crippen LogP contribution in [-0.4, -0.2) is 88.9 Å². The van der Waals surface area contributed by atoms with E-state index in [2.05, 4.69) is 53.7 Å². The molecule has 0 radical (unpaired) electrons. The summed E-state index contributed by atoms with van der Waals surface area (Å²) in [5, 5.41) is 0. The molecule has 0 bridgehead atoms. The lowest BCUT2D eigenvalue weighted by Gasteiger charge is -2.43. The normalized spacial score (nSPS) is 35.3. The van der Waals surface area contributed by atoms with Crippen LogP contribution in [0.25, 0.3) is 0 Å². The maximum Gasteiger partial charge on any atom is 0.282 e. The first-order chi connectivity index (χ1) is 14.7. The van der Waals surface area contributed by atoms with E-state index in [0.29, 0.717) is 0 Å². The van der Waals surface area contributed by atoms with Crippen LogP contribution in [0.3, 0.4) is 0 Å². The Hall–Kier alpha value is -0.330. The summed E-state index contributed by atoms with van der Waals surface area (Å²) >= 11 is 0. The van der Waals surface area contributed by atoms with Gasteiger partial charge in [0.05, 0.1) is 6.61 Å². The van der Waals surface area contributed by atoms with Crippen molar-refractivity contribution >= 4 is 22.6 Å². The average molecular weight is 466 g/mol. The molecular weight excluding hydrogens is 437 g/mol. The number of hydrogen-bond donors (Lipinski definition) is 0. The van der Waals surface area contributed by atoms with E-state index in [1.165, 1.54) is 5.56 Å². The van der Waals surface area contributed by atoms with E-state index >= 15 is 0 Å². The van der Waals surface area contributed by atoms with Gasteiger partial charge in [0.2, 0.25) is 15.0 Å². The maximum atomic E-state index is 6.71. The molecule has 5 fully saturated rings. The standard InChI is InChI=1S/C18H29N8OP3/c1-2-5-18(6-3-1)17-26-7-4-16-27-30(26)20-28(22-8-9-22,23-10-11-23)19-29(21-30,24-12-13-24)25-14-15-25/h1-3,5-6H,4,7-17H2. The summed E-state index contributed by atoms with van der Waals surface area (Å²) in [4.78, 5) is 0. The van der Waals surface area contributed by atoms with Crippen LogP contribution in [0.15, 0.2) is 43.9 Å². The molecule has 0 N–H and O–H groups in total. The molecular formula is C18H29N8OP3. The second-order valence-corrected chi connectivity index (χ2v) is 17.1. The topological polar surface area (TPSA) is 61.6 Å². The number of rotatable bonds is 6. The van der Waals surface area contributed by atoms with Gasteiger partial charge in [0.15, 0.2) is 0 Å². The van der Waals surface area contributed by atoms with Gasteiger partial charge in [-0.1, -0.05) is 30.3 Å². The summed E-state index contributed by atoms with van der Waals surface area (Å²) in [7, 11) is -6.57. The van der Waals surface area contributed by atoms with E-state index in [4.69, 9.17) is 18.1 Å². The minimum Gasteiger partial charge on any atom is -0.316 e. The van der Waals surface area contributed by atoms with Crippen LogP contribution in [-0.2, 0) is 11.1 Å². The van der Waals surface area contributed by atoms with Gasteiger partial charge in [-0.25, -0.2) is 23.4 Å². The zero-order valence-corrected chi connectivity index (χ0v) is 19.9. The van der Waals surface area contributed by atoms with Crippen molar-refractivity contribution in [2.24, 2.45) is 13.5 Å². The molecule has 6 aliphatic heterocycles. The highest BCUT2D eigenvalue weighted by Crippen LogP contribution is 2.86. The second kappa shape index (κ2) is 6.84. The summed E-state index contributed by atoms with van der Waals surface area (Å²) in [5.74, 6) is 0. The van der Waals surface area contributed by atoms with E-state index in [0.717, 1.165) is 78.5 Å². The molecule has 1 spiro atoms. The Kier molecular flexibility index (Phi) is 4.37. The lowest BCUT2D eigenvalue weighted by Crippen LogP contribution is -2.28. The Morgan fingerprint density at radius 1 is 0.700 bits per heavy atom. The minimum absolute atomic E-state index is 0.770. The van der Waals surface area contributed by atoms with Crippen molar-refractivity contribution in [2.45, 2.75) is 13.0 Å². The van der Waals surface area contributed by atoms with Gasteiger partial charge in [0, 0.05) is 65.4 Å². The van der Waals surface area contributed by atoms with Gasteiger partial charge in [-0.2, -0.15) is 13.5 Å². The number of benzene rings is 1. The van der Waals surface area contributed by atoms with Crippen molar-refractivity contribution in [3.63, 3.8) is 0 Å². The first kappa shape index (κ1) is 19.2. The van der Waals surface area contributed by atoms with Crippen LogP contribution in [0.5, 0.6) is 0 Å². The highest BCUT2D eigenvalue weighted by Gasteiger charge is 2.57. The van der Waals surface area contributed by atoms with Gasteiger partial charge in [-0.15, -0.1) is 0 Å². The van der Waals surface area contributed by atoms with Crippen molar-refractivity contribution in [2.75, 3.05) is 65.5 Å². The van der Waals surface area contributed by atoms with Gasteiger partial charge in [-0.3, -0.25) is 0 Å². The Labute approximate surface area is 178 Å². The Morgan fingerprint density at radius 3 is 1.83 bits per heavy atom. The molecule has 0 amide bonds. The third-order valence-electron chi connectivity index (χ3n) is 6.33. The maximum absolute atomic E-state index is 6.71. The quantitative estimate of drug-likeness (QED) is 0.466. The second-order valence-electron chi connectivity index (χ2n) is 8.73. The molecule has 7 rings (SSSR count). The average Bonchev–Trinajstić information content (AvgIpc) is 3.59. The fourth-order valence-electron chi connectivity index (χ4n) is 4.37. The highest BCUT2D eigenvalue weighted by atomic mass is 31.3. The van der Waals surface area contributed by atoms with Gasteiger partial charge >= 0.3 is 0 Å². The number of hydrogen-bond acceptors (Lipinski definition) is 9. The third-order valence-corrected chi connectivity index (χ3v) is 18.3. The lowest BCUT2D eigenvalue weighted by molar-refractivity contribution is 0.232. The molecule has 162 valence electrons. The van der Waals surface area contributed by atoms with Crippen LogP contribution in [0, 0.1) is 0 Å². The van der Waals surface area contributed by atoms with Gasteiger partial charge in [0.1, 0.15) is 0 Å². The molecule has 0 aliphatic carbocycles. The monoisotopic (exact) mass is 466 g/mol. The van der Waals surface area contributed by atoms with Crippen LogP contribution in [0.2, 0.25) is 0 Å². The zero-order valence-electron chi connectivity index (χ0n) is 17.2. The summed E-state index contributed by atoms with van der Waals surface area (Å²) in [5.41, 5.74) is 1.32. The molecule has 6 heterocycles. The first-order valence-electron chi connectivity index (χ1n) is 11.1. The van der Waals surface area contributed by atoms with Crippen molar-refractivity contribution in [3.8, 4) is 0 Å². The fraction of sp³-hybridized carbons (Fsp3) is 0.667. The van der Waals surface area contributed by atoms with Crippen molar-refractivity contribution < 1.29 is 4.52 Å². The Bertz CT molecular complexity index is 970. The third kappa shape index (κ3) is 3.10. The minimum atomic E-state index is -2.44. The summed E-state index contributed by atoms with van der Waals surface area (Å²) in [6, 6.07) is 10.8. The molecule has 1 atom stereocenters. The predicted molar refractivity (Wildman–Crippen MR) is 122 cm³/mol. The van der Waals surface area contributed by atoms with Gasteiger partial charge in [0.25, 0.3) is 7.58 Å². The SMILES string of the molecule is c1ccc(CN2CCCOP23=NP(N2CC2)(N2CC2)=NP(N2CC2)(N2CC2)=N3)cc1. The molecule has 0 saturated carbocycles. The molecule has 5 saturated heterocycles. The first-order valence-corrected chi connectivity index (χ1v) is 15.9. The zero-order chi connectivity index (χ0) is 19.8. The van der Waals surface area contributed by atoms with E-state index in [1.807, 2.05) is 0 Å².